The lowest BCUT2D eigenvalue weighted by Gasteiger charge is -1.97. The molecule has 0 fully saturated rings. The molecule has 4 N–H and O–H groups in total. The molecule has 0 aliphatic rings. The van der Waals surface area contributed by atoms with E-state index in [0.717, 1.165) is 6.42 Å². The molecule has 16 heavy (non-hydrogen) atoms. The van der Waals surface area contributed by atoms with E-state index in [4.69, 9.17) is 20.4 Å². The van der Waals surface area contributed by atoms with Crippen molar-refractivity contribution in [2.24, 2.45) is 0 Å². The van der Waals surface area contributed by atoms with Crippen molar-refractivity contribution >= 4 is 11.9 Å². The molecule has 0 bridgehead atoms. The lowest BCUT2D eigenvalue weighted by Crippen LogP contribution is -2.22. The fourth-order valence-corrected chi connectivity index (χ4v) is 0.791. The van der Waals surface area contributed by atoms with Gasteiger partial charge in [-0.15, -0.1) is 0 Å². The fourth-order valence-electron chi connectivity index (χ4n) is 0.791. The maximum absolute atomic E-state index is 9.72. The van der Waals surface area contributed by atoms with Crippen LogP contribution in [0, 0.1) is 0 Å². The molecule has 0 amide bonds. The molecule has 0 aliphatic carbocycles. The molecule has 0 spiro atoms. The van der Waals surface area contributed by atoms with E-state index in [9.17, 15) is 9.59 Å². The van der Waals surface area contributed by atoms with E-state index in [1.807, 2.05) is 0 Å². The SMILES string of the molecule is CCCCCCO.O=C(O)CC(O)C(=O)O. The zero-order chi connectivity index (χ0) is 13.0. The second-order valence-corrected chi connectivity index (χ2v) is 3.24. The molecule has 0 radical (unpaired) electrons. The Hall–Kier alpha value is -1.14. The molecule has 0 aliphatic heterocycles. The molecule has 0 heterocycles. The first-order chi connectivity index (χ1) is 7.45. The average Bonchev–Trinajstić information content (AvgIpc) is 2.18. The maximum atomic E-state index is 9.72. The van der Waals surface area contributed by atoms with Crippen LogP contribution in [0.15, 0.2) is 0 Å². The van der Waals surface area contributed by atoms with E-state index in [1.165, 1.54) is 19.3 Å². The summed E-state index contributed by atoms with van der Waals surface area (Å²) in [6, 6.07) is 0. The number of aliphatic carboxylic acids is 2. The summed E-state index contributed by atoms with van der Waals surface area (Å²) in [6.07, 6.45) is 2.14. The van der Waals surface area contributed by atoms with Gasteiger partial charge >= 0.3 is 11.9 Å². The molecule has 0 saturated carbocycles. The smallest absolute Gasteiger partial charge is 0.333 e. The van der Waals surface area contributed by atoms with Crippen LogP contribution in [0.1, 0.15) is 39.0 Å². The highest BCUT2D eigenvalue weighted by Gasteiger charge is 2.16. The van der Waals surface area contributed by atoms with E-state index >= 15 is 0 Å². The lowest BCUT2D eigenvalue weighted by molar-refractivity contribution is -0.152. The Labute approximate surface area is 94.5 Å². The third-order valence-corrected chi connectivity index (χ3v) is 1.66. The highest BCUT2D eigenvalue weighted by molar-refractivity contribution is 5.79. The second kappa shape index (κ2) is 11.9. The van der Waals surface area contributed by atoms with Gasteiger partial charge in [-0.25, -0.2) is 4.79 Å². The number of aliphatic hydroxyl groups excluding tert-OH is 2. The van der Waals surface area contributed by atoms with Crippen LogP contribution in [0.5, 0.6) is 0 Å². The summed E-state index contributed by atoms with van der Waals surface area (Å²) in [5, 5.41) is 32.4. The Balaban J connectivity index is 0. The average molecular weight is 236 g/mol. The maximum Gasteiger partial charge on any atom is 0.333 e. The van der Waals surface area contributed by atoms with Crippen LogP contribution in [0.2, 0.25) is 0 Å². The minimum absolute atomic E-state index is 0.361. The van der Waals surface area contributed by atoms with Crippen molar-refractivity contribution in [2.45, 2.75) is 45.1 Å². The Morgan fingerprint density at radius 1 is 1.12 bits per heavy atom. The highest BCUT2D eigenvalue weighted by atomic mass is 16.4. The van der Waals surface area contributed by atoms with Crippen molar-refractivity contribution in [1.82, 2.24) is 0 Å². The van der Waals surface area contributed by atoms with Gasteiger partial charge in [0.1, 0.15) is 0 Å². The molecule has 1 unspecified atom stereocenters. The molecule has 0 rings (SSSR count). The molecule has 0 aromatic rings. The van der Waals surface area contributed by atoms with E-state index in [1.54, 1.807) is 0 Å². The summed E-state index contributed by atoms with van der Waals surface area (Å²) < 4.78 is 0. The van der Waals surface area contributed by atoms with Crippen LogP contribution in [0.4, 0.5) is 0 Å². The van der Waals surface area contributed by atoms with Crippen molar-refractivity contribution in [3.8, 4) is 0 Å². The first kappa shape index (κ1) is 17.3. The van der Waals surface area contributed by atoms with Gasteiger partial charge in [0.25, 0.3) is 0 Å². The van der Waals surface area contributed by atoms with Gasteiger partial charge in [-0.1, -0.05) is 26.2 Å². The molecule has 1 atom stereocenters. The fraction of sp³-hybridized carbons (Fsp3) is 0.800. The van der Waals surface area contributed by atoms with Crippen molar-refractivity contribution in [2.75, 3.05) is 6.61 Å². The summed E-state index contributed by atoms with van der Waals surface area (Å²) in [4.78, 5) is 19.4. The standard InChI is InChI=1S/C6H14O.C4H6O5/c1-2-3-4-5-6-7;5-2(4(8)9)1-3(6)7/h7H,2-6H2,1H3;2,5H,1H2,(H,6,7)(H,8,9). The number of hydrogen-bond acceptors (Lipinski definition) is 4. The Bertz CT molecular complexity index is 188. The predicted octanol–water partition coefficient (Wildman–Crippen LogP) is 0.466. The van der Waals surface area contributed by atoms with Crippen LogP contribution in [0.3, 0.4) is 0 Å². The van der Waals surface area contributed by atoms with Gasteiger partial charge < -0.3 is 20.4 Å². The molecule has 96 valence electrons. The van der Waals surface area contributed by atoms with Gasteiger partial charge in [0.05, 0.1) is 6.42 Å². The zero-order valence-electron chi connectivity index (χ0n) is 9.43. The minimum Gasteiger partial charge on any atom is -0.481 e. The third kappa shape index (κ3) is 15.3. The van der Waals surface area contributed by atoms with E-state index in [0.29, 0.717) is 6.61 Å². The molecular weight excluding hydrogens is 216 g/mol. The summed E-state index contributed by atoms with van der Waals surface area (Å²) in [7, 11) is 0. The largest absolute Gasteiger partial charge is 0.481 e. The van der Waals surface area contributed by atoms with Gasteiger partial charge in [0.15, 0.2) is 6.10 Å². The Kier molecular flexibility index (Phi) is 12.9. The number of carbonyl (C=O) groups is 2. The summed E-state index contributed by atoms with van der Waals surface area (Å²) in [5.74, 6) is -2.85. The lowest BCUT2D eigenvalue weighted by atomic mass is 10.2. The number of hydrogen-bond donors (Lipinski definition) is 4. The summed E-state index contributed by atoms with van der Waals surface area (Å²) in [6.45, 7) is 2.53. The number of rotatable bonds is 7. The monoisotopic (exact) mass is 236 g/mol. The van der Waals surface area contributed by atoms with Crippen LogP contribution in [0.25, 0.3) is 0 Å². The van der Waals surface area contributed by atoms with E-state index in [-0.39, 0.29) is 0 Å². The molecular formula is C10H20O6. The van der Waals surface area contributed by atoms with E-state index < -0.39 is 24.5 Å². The van der Waals surface area contributed by atoms with Gasteiger partial charge in [-0.3, -0.25) is 4.79 Å². The van der Waals surface area contributed by atoms with Gasteiger partial charge in [0.2, 0.25) is 0 Å². The van der Waals surface area contributed by atoms with Crippen molar-refractivity contribution in [1.29, 1.82) is 0 Å². The van der Waals surface area contributed by atoms with Crippen LogP contribution in [-0.4, -0.2) is 45.1 Å². The van der Waals surface area contributed by atoms with Crippen LogP contribution < -0.4 is 0 Å². The predicted molar refractivity (Wildman–Crippen MR) is 57.1 cm³/mol. The van der Waals surface area contributed by atoms with Crippen molar-refractivity contribution in [3.63, 3.8) is 0 Å². The minimum atomic E-state index is -1.79. The Morgan fingerprint density at radius 2 is 1.69 bits per heavy atom. The quantitative estimate of drug-likeness (QED) is 0.477. The van der Waals surface area contributed by atoms with Crippen molar-refractivity contribution in [3.05, 3.63) is 0 Å². The normalized spacial score (nSPS) is 11.2. The van der Waals surface area contributed by atoms with Crippen molar-refractivity contribution < 1.29 is 30.0 Å². The summed E-state index contributed by atoms with van der Waals surface area (Å²) in [5.41, 5.74) is 0. The molecule has 6 heteroatoms. The zero-order valence-corrected chi connectivity index (χ0v) is 9.43. The summed E-state index contributed by atoms with van der Waals surface area (Å²) >= 11 is 0. The van der Waals surface area contributed by atoms with Crippen LogP contribution in [-0.2, 0) is 9.59 Å². The molecule has 0 aromatic heterocycles. The topological polar surface area (TPSA) is 115 Å². The highest BCUT2D eigenvalue weighted by Crippen LogP contribution is 1.96. The number of aliphatic hydroxyl groups is 2. The third-order valence-electron chi connectivity index (χ3n) is 1.66. The van der Waals surface area contributed by atoms with E-state index in [2.05, 4.69) is 6.92 Å². The molecule has 6 nitrogen and oxygen atoms in total. The second-order valence-electron chi connectivity index (χ2n) is 3.24. The number of carboxylic acids is 2. The van der Waals surface area contributed by atoms with Gasteiger partial charge in [-0.2, -0.15) is 0 Å². The Morgan fingerprint density at radius 3 is 1.94 bits per heavy atom. The molecule has 0 aromatic carbocycles. The van der Waals surface area contributed by atoms with Crippen LogP contribution >= 0.6 is 0 Å². The number of unbranched alkanes of at least 4 members (excludes halogenated alkanes) is 3. The van der Waals surface area contributed by atoms with Gasteiger partial charge in [0, 0.05) is 6.61 Å². The van der Waals surface area contributed by atoms with Gasteiger partial charge in [-0.05, 0) is 6.42 Å². The first-order valence-electron chi connectivity index (χ1n) is 5.19. The molecule has 0 saturated heterocycles. The first-order valence-corrected chi connectivity index (χ1v) is 5.19. The number of carboxylic acid groups (broad SMARTS) is 2.